The Bertz CT molecular complexity index is 377. The van der Waals surface area contributed by atoms with Gasteiger partial charge in [0.25, 0.3) is 0 Å². The Hall–Kier alpha value is -0.860. The molecule has 0 aliphatic carbocycles. The van der Waals surface area contributed by atoms with E-state index in [1.807, 2.05) is 7.05 Å². The first-order valence-electron chi connectivity index (χ1n) is 7.80. The maximum atomic E-state index is 5.83. The fourth-order valence-electron chi connectivity index (χ4n) is 2.55. The van der Waals surface area contributed by atoms with Gasteiger partial charge in [0.15, 0.2) is 0 Å². The van der Waals surface area contributed by atoms with Gasteiger partial charge in [0.1, 0.15) is 0 Å². The molecule has 1 aromatic carbocycles. The Morgan fingerprint density at radius 2 is 1.70 bits per heavy atom. The third-order valence-electron chi connectivity index (χ3n) is 3.88. The predicted octanol–water partition coefficient (Wildman–Crippen LogP) is 3.93. The second-order valence-electron chi connectivity index (χ2n) is 6.45. The number of rotatable bonds is 7. The third kappa shape index (κ3) is 4.92. The summed E-state index contributed by atoms with van der Waals surface area (Å²) in [5.74, 6) is 0. The first kappa shape index (κ1) is 17.2. The molecule has 0 heterocycles. The summed E-state index contributed by atoms with van der Waals surface area (Å²) >= 11 is 0. The molecule has 2 unspecified atom stereocenters. The van der Waals surface area contributed by atoms with Crippen LogP contribution in [0.1, 0.15) is 52.2 Å². The molecule has 0 amide bonds. The van der Waals surface area contributed by atoms with Crippen LogP contribution in [-0.4, -0.2) is 25.8 Å². The first-order valence-corrected chi connectivity index (χ1v) is 7.80. The van der Waals surface area contributed by atoms with Crippen molar-refractivity contribution < 1.29 is 4.74 Å². The summed E-state index contributed by atoms with van der Waals surface area (Å²) in [7, 11) is 2.02. The van der Waals surface area contributed by atoms with Crippen LogP contribution in [0.15, 0.2) is 24.3 Å². The lowest BCUT2D eigenvalue weighted by molar-refractivity contribution is 0.0339. The molecule has 0 saturated heterocycles. The number of benzene rings is 1. The van der Waals surface area contributed by atoms with Crippen LogP contribution in [0.3, 0.4) is 0 Å². The summed E-state index contributed by atoms with van der Waals surface area (Å²) < 4.78 is 5.83. The van der Waals surface area contributed by atoms with Crippen molar-refractivity contribution in [3.63, 3.8) is 0 Å². The number of ether oxygens (including phenoxy) is 1. The van der Waals surface area contributed by atoms with E-state index in [2.05, 4.69) is 64.2 Å². The van der Waals surface area contributed by atoms with Gasteiger partial charge in [-0.25, -0.2) is 0 Å². The van der Waals surface area contributed by atoms with Crippen molar-refractivity contribution in [1.82, 2.24) is 5.32 Å². The van der Waals surface area contributed by atoms with E-state index in [-0.39, 0.29) is 11.5 Å². The Balaban J connectivity index is 2.75. The molecule has 0 fully saturated rings. The van der Waals surface area contributed by atoms with Gasteiger partial charge < -0.3 is 10.1 Å². The van der Waals surface area contributed by atoms with E-state index in [1.165, 1.54) is 11.1 Å². The largest absolute Gasteiger partial charge is 0.377 e. The maximum Gasteiger partial charge on any atom is 0.0728 e. The van der Waals surface area contributed by atoms with Crippen molar-refractivity contribution in [2.75, 3.05) is 13.7 Å². The lowest BCUT2D eigenvalue weighted by Crippen LogP contribution is -2.40. The molecule has 1 aromatic rings. The zero-order valence-corrected chi connectivity index (χ0v) is 14.0. The van der Waals surface area contributed by atoms with E-state index in [0.29, 0.717) is 6.04 Å². The molecule has 2 atom stereocenters. The van der Waals surface area contributed by atoms with Gasteiger partial charge in [-0.3, -0.25) is 0 Å². The monoisotopic (exact) mass is 277 g/mol. The van der Waals surface area contributed by atoms with Gasteiger partial charge in [-0.15, -0.1) is 0 Å². The van der Waals surface area contributed by atoms with E-state index in [0.717, 1.165) is 19.4 Å². The number of nitrogens with one attached hydrogen (secondary N) is 1. The molecule has 0 bridgehead atoms. The molecule has 0 radical (unpaired) electrons. The van der Waals surface area contributed by atoms with E-state index in [1.54, 1.807) is 0 Å². The first-order chi connectivity index (χ1) is 9.42. The fraction of sp³-hybridized carbons (Fsp3) is 0.667. The van der Waals surface area contributed by atoms with Crippen LogP contribution in [0, 0.1) is 0 Å². The van der Waals surface area contributed by atoms with Crippen LogP contribution in [-0.2, 0) is 16.6 Å². The molecule has 0 spiro atoms. The standard InChI is InChI=1S/C18H31NO/c1-7-17(20-8-2)16(19-6)13-14-9-11-15(12-10-14)18(3,4)5/h9-12,16-17,19H,7-8,13H2,1-6H3. The van der Waals surface area contributed by atoms with Crippen molar-refractivity contribution in [3.8, 4) is 0 Å². The minimum absolute atomic E-state index is 0.220. The highest BCUT2D eigenvalue weighted by molar-refractivity contribution is 5.28. The molecular weight excluding hydrogens is 246 g/mol. The summed E-state index contributed by atoms with van der Waals surface area (Å²) in [5.41, 5.74) is 2.98. The quantitative estimate of drug-likeness (QED) is 0.815. The third-order valence-corrected chi connectivity index (χ3v) is 3.88. The summed E-state index contributed by atoms with van der Waals surface area (Å²) in [5, 5.41) is 3.41. The van der Waals surface area contributed by atoms with E-state index in [4.69, 9.17) is 4.74 Å². The highest BCUT2D eigenvalue weighted by atomic mass is 16.5. The Morgan fingerprint density at radius 3 is 2.10 bits per heavy atom. The number of hydrogen-bond acceptors (Lipinski definition) is 2. The van der Waals surface area contributed by atoms with Crippen LogP contribution in [0.25, 0.3) is 0 Å². The van der Waals surface area contributed by atoms with E-state index < -0.39 is 0 Å². The smallest absolute Gasteiger partial charge is 0.0728 e. The molecule has 20 heavy (non-hydrogen) atoms. The molecule has 0 saturated carbocycles. The highest BCUT2D eigenvalue weighted by Crippen LogP contribution is 2.22. The van der Waals surface area contributed by atoms with Crippen LogP contribution in [0.5, 0.6) is 0 Å². The fourth-order valence-corrected chi connectivity index (χ4v) is 2.55. The molecular formula is C18H31NO. The second-order valence-corrected chi connectivity index (χ2v) is 6.45. The lowest BCUT2D eigenvalue weighted by Gasteiger charge is -2.26. The van der Waals surface area contributed by atoms with Gasteiger partial charge >= 0.3 is 0 Å². The average Bonchev–Trinajstić information content (AvgIpc) is 2.42. The van der Waals surface area contributed by atoms with Crippen molar-refractivity contribution in [2.24, 2.45) is 0 Å². The lowest BCUT2D eigenvalue weighted by atomic mass is 9.86. The van der Waals surface area contributed by atoms with Gasteiger partial charge in [-0.05, 0) is 43.4 Å². The van der Waals surface area contributed by atoms with Crippen molar-refractivity contribution >= 4 is 0 Å². The van der Waals surface area contributed by atoms with Gasteiger partial charge in [-0.2, -0.15) is 0 Å². The Kier molecular flexibility index (Phi) is 6.70. The van der Waals surface area contributed by atoms with Crippen molar-refractivity contribution in [2.45, 2.75) is 65.0 Å². The molecule has 2 nitrogen and oxygen atoms in total. The van der Waals surface area contributed by atoms with Crippen molar-refractivity contribution in [3.05, 3.63) is 35.4 Å². The van der Waals surface area contributed by atoms with Gasteiger partial charge in [-0.1, -0.05) is 52.0 Å². The normalized spacial score (nSPS) is 15.1. The summed E-state index contributed by atoms with van der Waals surface area (Å²) in [4.78, 5) is 0. The molecule has 0 aromatic heterocycles. The number of likely N-dealkylation sites (N-methyl/N-ethyl adjacent to an activating group) is 1. The van der Waals surface area contributed by atoms with E-state index >= 15 is 0 Å². The molecule has 2 heteroatoms. The van der Waals surface area contributed by atoms with Gasteiger partial charge in [0.05, 0.1) is 6.10 Å². The Labute approximate surface area is 124 Å². The maximum absolute atomic E-state index is 5.83. The van der Waals surface area contributed by atoms with Crippen LogP contribution >= 0.6 is 0 Å². The van der Waals surface area contributed by atoms with Crippen LogP contribution in [0.2, 0.25) is 0 Å². The van der Waals surface area contributed by atoms with Crippen LogP contribution in [0.4, 0.5) is 0 Å². The molecule has 0 aliphatic rings. The molecule has 1 rings (SSSR count). The minimum Gasteiger partial charge on any atom is -0.377 e. The zero-order chi connectivity index (χ0) is 15.2. The molecule has 114 valence electrons. The highest BCUT2D eigenvalue weighted by Gasteiger charge is 2.19. The minimum atomic E-state index is 0.220. The topological polar surface area (TPSA) is 21.3 Å². The van der Waals surface area contributed by atoms with Crippen molar-refractivity contribution in [1.29, 1.82) is 0 Å². The predicted molar refractivity (Wildman–Crippen MR) is 87.4 cm³/mol. The summed E-state index contributed by atoms with van der Waals surface area (Å²) in [6.07, 6.45) is 2.34. The molecule has 1 N–H and O–H groups in total. The zero-order valence-electron chi connectivity index (χ0n) is 14.0. The Morgan fingerprint density at radius 1 is 1.10 bits per heavy atom. The van der Waals surface area contributed by atoms with E-state index in [9.17, 15) is 0 Å². The summed E-state index contributed by atoms with van der Waals surface area (Å²) in [6.45, 7) is 11.8. The van der Waals surface area contributed by atoms with Gasteiger partial charge in [0, 0.05) is 12.6 Å². The SMILES string of the molecule is CCOC(CC)C(Cc1ccc(C(C)(C)C)cc1)NC. The number of hydrogen-bond donors (Lipinski definition) is 1. The van der Waals surface area contributed by atoms with Crippen LogP contribution < -0.4 is 5.32 Å². The van der Waals surface area contributed by atoms with Gasteiger partial charge in [0.2, 0.25) is 0 Å². The second kappa shape index (κ2) is 7.80. The average molecular weight is 277 g/mol. The molecule has 0 aliphatic heterocycles. The summed E-state index contributed by atoms with van der Waals surface area (Å²) in [6, 6.07) is 9.39.